The van der Waals surface area contributed by atoms with Crippen LogP contribution in [0.1, 0.15) is 6.42 Å². The molecule has 0 atom stereocenters. The Balaban J connectivity index is 1.34. The van der Waals surface area contributed by atoms with Crippen LogP contribution >= 0.6 is 11.8 Å². The number of benzene rings is 1. The summed E-state index contributed by atoms with van der Waals surface area (Å²) < 4.78 is 11.2. The van der Waals surface area contributed by atoms with E-state index in [0.717, 1.165) is 12.0 Å². The summed E-state index contributed by atoms with van der Waals surface area (Å²) in [6.45, 7) is 1.23. The highest BCUT2D eigenvalue weighted by atomic mass is 32.2. The number of carbonyl (C=O) groups excluding carboxylic acids is 1. The van der Waals surface area contributed by atoms with Crippen molar-refractivity contribution in [3.8, 4) is 22.9 Å². The van der Waals surface area contributed by atoms with E-state index in [1.807, 2.05) is 12.1 Å². The maximum atomic E-state index is 12.2. The van der Waals surface area contributed by atoms with Gasteiger partial charge in [-0.3, -0.25) is 14.9 Å². The Morgan fingerprint density at radius 1 is 1.15 bits per heavy atom. The summed E-state index contributed by atoms with van der Waals surface area (Å²) in [7, 11) is 0. The minimum absolute atomic E-state index is 0.148. The Labute approximate surface area is 159 Å². The van der Waals surface area contributed by atoms with Crippen LogP contribution in [0.3, 0.4) is 0 Å². The average molecular weight is 383 g/mol. The first-order valence-corrected chi connectivity index (χ1v) is 9.41. The molecule has 8 nitrogen and oxygen atoms in total. The SMILES string of the molecule is O=C(CSc1n[nH]c(-c2ccncc2)n1)Nc1ccc2c(c1)OCCCO2. The van der Waals surface area contributed by atoms with Gasteiger partial charge >= 0.3 is 0 Å². The molecule has 4 rings (SSSR count). The number of H-pyrrole nitrogens is 1. The number of hydrogen-bond acceptors (Lipinski definition) is 7. The van der Waals surface area contributed by atoms with Crippen molar-refractivity contribution in [2.45, 2.75) is 11.6 Å². The molecule has 0 saturated heterocycles. The van der Waals surface area contributed by atoms with Crippen LogP contribution in [-0.2, 0) is 4.79 Å². The maximum Gasteiger partial charge on any atom is 0.234 e. The fourth-order valence-electron chi connectivity index (χ4n) is 2.52. The number of pyridine rings is 1. The summed E-state index contributed by atoms with van der Waals surface area (Å²) in [5.41, 5.74) is 1.55. The van der Waals surface area contributed by atoms with Gasteiger partial charge in [-0.05, 0) is 24.3 Å². The first kappa shape index (κ1) is 17.3. The zero-order valence-corrected chi connectivity index (χ0v) is 15.2. The average Bonchev–Trinajstić information content (AvgIpc) is 3.05. The summed E-state index contributed by atoms with van der Waals surface area (Å²) in [6.07, 6.45) is 4.21. The van der Waals surface area contributed by atoms with Gasteiger partial charge in [0.25, 0.3) is 0 Å². The van der Waals surface area contributed by atoms with Gasteiger partial charge in [0.05, 0.1) is 19.0 Å². The fourth-order valence-corrected chi connectivity index (χ4v) is 3.12. The highest BCUT2D eigenvalue weighted by Crippen LogP contribution is 2.32. The number of hydrogen-bond donors (Lipinski definition) is 2. The molecule has 0 bridgehead atoms. The molecule has 1 aliphatic heterocycles. The van der Waals surface area contributed by atoms with Crippen molar-refractivity contribution in [1.82, 2.24) is 20.2 Å². The van der Waals surface area contributed by atoms with Crippen LogP contribution in [0.15, 0.2) is 47.9 Å². The maximum absolute atomic E-state index is 12.2. The van der Waals surface area contributed by atoms with Gasteiger partial charge in [-0.15, -0.1) is 5.10 Å². The normalized spacial score (nSPS) is 13.0. The number of ether oxygens (including phenoxy) is 2. The number of nitrogens with one attached hydrogen (secondary N) is 2. The molecule has 27 heavy (non-hydrogen) atoms. The van der Waals surface area contributed by atoms with E-state index in [1.165, 1.54) is 11.8 Å². The van der Waals surface area contributed by atoms with E-state index in [9.17, 15) is 4.79 Å². The van der Waals surface area contributed by atoms with Crippen LogP contribution in [0.4, 0.5) is 5.69 Å². The van der Waals surface area contributed by atoms with Crippen molar-refractivity contribution in [2.24, 2.45) is 0 Å². The van der Waals surface area contributed by atoms with E-state index in [2.05, 4.69) is 25.5 Å². The van der Waals surface area contributed by atoms with Crippen LogP contribution in [-0.4, -0.2) is 45.0 Å². The van der Waals surface area contributed by atoms with E-state index in [-0.39, 0.29) is 11.7 Å². The van der Waals surface area contributed by atoms with Gasteiger partial charge in [-0.25, -0.2) is 4.98 Å². The van der Waals surface area contributed by atoms with Crippen LogP contribution in [0.5, 0.6) is 11.5 Å². The molecule has 0 spiro atoms. The first-order valence-electron chi connectivity index (χ1n) is 8.43. The molecule has 2 N–H and O–H groups in total. The lowest BCUT2D eigenvalue weighted by Gasteiger charge is -2.10. The number of nitrogens with zero attached hydrogens (tertiary/aromatic N) is 3. The summed E-state index contributed by atoms with van der Waals surface area (Å²) in [4.78, 5) is 20.6. The molecule has 0 saturated carbocycles. The second-order valence-corrected chi connectivity index (χ2v) is 6.69. The van der Waals surface area contributed by atoms with Gasteiger partial charge < -0.3 is 14.8 Å². The van der Waals surface area contributed by atoms with Crippen molar-refractivity contribution in [3.63, 3.8) is 0 Å². The number of anilines is 1. The van der Waals surface area contributed by atoms with Crippen molar-refractivity contribution >= 4 is 23.4 Å². The largest absolute Gasteiger partial charge is 0.490 e. The second kappa shape index (κ2) is 8.09. The molecule has 3 heterocycles. The van der Waals surface area contributed by atoms with Gasteiger partial charge in [-0.2, -0.15) is 0 Å². The third-order valence-corrected chi connectivity index (χ3v) is 4.63. The quantitative estimate of drug-likeness (QED) is 0.653. The highest BCUT2D eigenvalue weighted by Gasteiger charge is 2.13. The van der Waals surface area contributed by atoms with Crippen molar-refractivity contribution < 1.29 is 14.3 Å². The molecule has 9 heteroatoms. The first-order chi connectivity index (χ1) is 13.3. The topological polar surface area (TPSA) is 102 Å². The van der Waals surface area contributed by atoms with Crippen LogP contribution < -0.4 is 14.8 Å². The predicted octanol–water partition coefficient (Wildman–Crippen LogP) is 2.76. The lowest BCUT2D eigenvalue weighted by molar-refractivity contribution is -0.113. The van der Waals surface area contributed by atoms with Crippen LogP contribution in [0, 0.1) is 0 Å². The molecular formula is C18H17N5O3S. The van der Waals surface area contributed by atoms with Gasteiger partial charge in [0, 0.05) is 36.1 Å². The number of rotatable bonds is 5. The Morgan fingerprint density at radius 2 is 1.96 bits per heavy atom. The molecule has 0 radical (unpaired) electrons. The zero-order chi connectivity index (χ0) is 18.5. The van der Waals surface area contributed by atoms with Gasteiger partial charge in [0.15, 0.2) is 17.3 Å². The monoisotopic (exact) mass is 383 g/mol. The highest BCUT2D eigenvalue weighted by molar-refractivity contribution is 7.99. The lowest BCUT2D eigenvalue weighted by Crippen LogP contribution is -2.14. The second-order valence-electron chi connectivity index (χ2n) is 5.75. The number of aromatic nitrogens is 4. The van der Waals surface area contributed by atoms with E-state index in [4.69, 9.17) is 9.47 Å². The van der Waals surface area contributed by atoms with E-state index >= 15 is 0 Å². The minimum atomic E-state index is -0.148. The Morgan fingerprint density at radius 3 is 2.81 bits per heavy atom. The van der Waals surface area contributed by atoms with Crippen molar-refractivity contribution in [1.29, 1.82) is 0 Å². The third-order valence-electron chi connectivity index (χ3n) is 3.78. The number of thioether (sulfide) groups is 1. The molecule has 1 aliphatic rings. The number of aromatic amines is 1. The number of carbonyl (C=O) groups is 1. The summed E-state index contributed by atoms with van der Waals surface area (Å²) in [5, 5.41) is 10.4. The van der Waals surface area contributed by atoms with Gasteiger partial charge in [0.2, 0.25) is 11.1 Å². The van der Waals surface area contributed by atoms with E-state index in [1.54, 1.807) is 30.6 Å². The summed E-state index contributed by atoms with van der Waals surface area (Å²) in [6, 6.07) is 9.05. The summed E-state index contributed by atoms with van der Waals surface area (Å²) in [5.74, 6) is 2.04. The fraction of sp³-hybridized carbons (Fsp3) is 0.222. The molecule has 138 valence electrons. The lowest BCUT2D eigenvalue weighted by atomic mass is 10.2. The smallest absolute Gasteiger partial charge is 0.234 e. The van der Waals surface area contributed by atoms with E-state index < -0.39 is 0 Å². The molecular weight excluding hydrogens is 366 g/mol. The van der Waals surface area contributed by atoms with Crippen LogP contribution in [0.25, 0.3) is 11.4 Å². The minimum Gasteiger partial charge on any atom is -0.490 e. The molecule has 3 aromatic rings. The van der Waals surface area contributed by atoms with Crippen molar-refractivity contribution in [2.75, 3.05) is 24.3 Å². The molecule has 1 amide bonds. The summed E-state index contributed by atoms with van der Waals surface area (Å²) >= 11 is 1.26. The number of amides is 1. The predicted molar refractivity (Wildman–Crippen MR) is 101 cm³/mol. The number of fused-ring (bicyclic) bond motifs is 1. The Bertz CT molecular complexity index is 932. The van der Waals surface area contributed by atoms with E-state index in [0.29, 0.717) is 41.4 Å². The molecule has 0 aliphatic carbocycles. The van der Waals surface area contributed by atoms with Gasteiger partial charge in [0.1, 0.15) is 0 Å². The molecule has 2 aromatic heterocycles. The van der Waals surface area contributed by atoms with Crippen molar-refractivity contribution in [3.05, 3.63) is 42.7 Å². The third kappa shape index (κ3) is 4.37. The Hall–Kier alpha value is -3.07. The van der Waals surface area contributed by atoms with Gasteiger partial charge in [-0.1, -0.05) is 11.8 Å². The zero-order valence-electron chi connectivity index (χ0n) is 14.3. The van der Waals surface area contributed by atoms with Crippen LogP contribution in [0.2, 0.25) is 0 Å². The molecule has 1 aromatic carbocycles. The molecule has 0 unspecified atom stereocenters. The Kier molecular flexibility index (Phi) is 5.20. The molecule has 0 fully saturated rings. The standard InChI is InChI=1S/C18H17N5O3S/c24-16(20-13-2-3-14-15(10-13)26-9-1-8-25-14)11-27-18-21-17(22-23-18)12-4-6-19-7-5-12/h2-7,10H,1,8-9,11H2,(H,20,24)(H,21,22,23).